The third-order valence-electron chi connectivity index (χ3n) is 3.71. The number of ether oxygens (including phenoxy) is 3. The van der Waals surface area contributed by atoms with E-state index in [0.717, 1.165) is 6.42 Å². The lowest BCUT2D eigenvalue weighted by Crippen LogP contribution is -2.24. The Kier molecular flexibility index (Phi) is 6.99. The molecule has 0 atom stereocenters. The van der Waals surface area contributed by atoms with E-state index in [1.54, 1.807) is 18.2 Å². The number of anilines is 1. The van der Waals surface area contributed by atoms with Gasteiger partial charge in [0, 0.05) is 36.1 Å². The molecule has 2 N–H and O–H groups in total. The quantitative estimate of drug-likeness (QED) is 0.738. The number of nitrogens with one attached hydrogen (secondary N) is 2. The molecular formula is C19H23N3O5. The molecule has 2 rings (SSSR count). The van der Waals surface area contributed by atoms with Crippen molar-refractivity contribution in [1.29, 1.82) is 0 Å². The third-order valence-corrected chi connectivity index (χ3v) is 3.71. The molecule has 144 valence electrons. The average molecular weight is 373 g/mol. The fourth-order valence-corrected chi connectivity index (χ4v) is 2.38. The van der Waals surface area contributed by atoms with Gasteiger partial charge in [-0.3, -0.25) is 14.6 Å². The molecule has 1 aromatic heterocycles. The van der Waals surface area contributed by atoms with Crippen molar-refractivity contribution in [3.63, 3.8) is 0 Å². The number of aromatic nitrogens is 1. The molecule has 0 aliphatic rings. The maximum atomic E-state index is 12.5. The van der Waals surface area contributed by atoms with Gasteiger partial charge in [0.2, 0.25) is 5.75 Å². The first kappa shape index (κ1) is 20.0. The SMILES string of the molecule is CCCNC(=O)c1ccnc(C(=O)Nc2cc(OC)c(OC)c(OC)c2)c1. The van der Waals surface area contributed by atoms with E-state index in [0.29, 0.717) is 35.0 Å². The summed E-state index contributed by atoms with van der Waals surface area (Å²) in [5.74, 6) is 0.529. The van der Waals surface area contributed by atoms with Crippen molar-refractivity contribution in [2.75, 3.05) is 33.2 Å². The van der Waals surface area contributed by atoms with Gasteiger partial charge in [-0.1, -0.05) is 6.92 Å². The number of rotatable bonds is 8. The number of amides is 2. The topological polar surface area (TPSA) is 98.8 Å². The zero-order valence-corrected chi connectivity index (χ0v) is 15.8. The lowest BCUT2D eigenvalue weighted by Gasteiger charge is -2.14. The zero-order chi connectivity index (χ0) is 19.8. The molecular weight excluding hydrogens is 350 g/mol. The number of carbonyl (C=O) groups excluding carboxylic acids is 2. The highest BCUT2D eigenvalue weighted by atomic mass is 16.5. The Labute approximate surface area is 157 Å². The minimum atomic E-state index is -0.464. The lowest BCUT2D eigenvalue weighted by atomic mass is 10.2. The van der Waals surface area contributed by atoms with E-state index < -0.39 is 5.91 Å². The summed E-state index contributed by atoms with van der Waals surface area (Å²) in [7, 11) is 4.48. The van der Waals surface area contributed by atoms with Crippen LogP contribution in [0.3, 0.4) is 0 Å². The van der Waals surface area contributed by atoms with Crippen LogP contribution in [0.5, 0.6) is 17.2 Å². The van der Waals surface area contributed by atoms with Crippen LogP contribution in [-0.2, 0) is 0 Å². The zero-order valence-electron chi connectivity index (χ0n) is 15.8. The minimum absolute atomic E-state index is 0.118. The summed E-state index contributed by atoms with van der Waals surface area (Å²) in [4.78, 5) is 28.6. The molecule has 0 bridgehead atoms. The van der Waals surface area contributed by atoms with Gasteiger partial charge in [0.15, 0.2) is 11.5 Å². The Bertz CT molecular complexity index is 798. The van der Waals surface area contributed by atoms with E-state index in [9.17, 15) is 9.59 Å². The number of nitrogens with zero attached hydrogens (tertiary/aromatic N) is 1. The average Bonchev–Trinajstić information content (AvgIpc) is 2.71. The smallest absolute Gasteiger partial charge is 0.274 e. The summed E-state index contributed by atoms with van der Waals surface area (Å²) < 4.78 is 15.8. The molecule has 0 aliphatic carbocycles. The Balaban J connectivity index is 2.23. The summed E-state index contributed by atoms with van der Waals surface area (Å²) in [6.07, 6.45) is 2.25. The van der Waals surface area contributed by atoms with E-state index in [1.165, 1.54) is 33.6 Å². The molecule has 1 aromatic carbocycles. The van der Waals surface area contributed by atoms with Crippen LogP contribution < -0.4 is 24.8 Å². The van der Waals surface area contributed by atoms with Crippen molar-refractivity contribution in [3.8, 4) is 17.2 Å². The van der Waals surface area contributed by atoms with E-state index in [-0.39, 0.29) is 11.6 Å². The van der Waals surface area contributed by atoms with Crippen LogP contribution in [0.2, 0.25) is 0 Å². The highest BCUT2D eigenvalue weighted by Gasteiger charge is 2.16. The number of hydrogen-bond acceptors (Lipinski definition) is 6. The first-order valence-electron chi connectivity index (χ1n) is 8.39. The van der Waals surface area contributed by atoms with E-state index in [2.05, 4.69) is 15.6 Å². The molecule has 0 unspecified atom stereocenters. The summed E-state index contributed by atoms with van der Waals surface area (Å²) in [6, 6.07) is 6.22. The second kappa shape index (κ2) is 9.42. The van der Waals surface area contributed by atoms with Gasteiger partial charge < -0.3 is 24.8 Å². The largest absolute Gasteiger partial charge is 0.493 e. The van der Waals surface area contributed by atoms with Gasteiger partial charge in [0.25, 0.3) is 11.8 Å². The monoisotopic (exact) mass is 373 g/mol. The first-order valence-corrected chi connectivity index (χ1v) is 8.39. The number of benzene rings is 1. The second-order valence-corrected chi connectivity index (χ2v) is 5.55. The van der Waals surface area contributed by atoms with Gasteiger partial charge in [-0.05, 0) is 18.6 Å². The Morgan fingerprint density at radius 1 is 1.00 bits per heavy atom. The van der Waals surface area contributed by atoms with Crippen LogP contribution in [-0.4, -0.2) is 44.7 Å². The Morgan fingerprint density at radius 3 is 2.22 bits per heavy atom. The molecule has 8 nitrogen and oxygen atoms in total. The minimum Gasteiger partial charge on any atom is -0.493 e. The van der Waals surface area contributed by atoms with Gasteiger partial charge in [-0.25, -0.2) is 0 Å². The molecule has 0 saturated carbocycles. The lowest BCUT2D eigenvalue weighted by molar-refractivity contribution is 0.0953. The molecule has 2 aromatic rings. The van der Waals surface area contributed by atoms with Gasteiger partial charge in [0.05, 0.1) is 21.3 Å². The summed E-state index contributed by atoms with van der Waals surface area (Å²) in [5, 5.41) is 5.48. The van der Waals surface area contributed by atoms with Crippen LogP contribution in [0.25, 0.3) is 0 Å². The summed E-state index contributed by atoms with van der Waals surface area (Å²) in [6.45, 7) is 2.53. The molecule has 2 amide bonds. The number of carbonyl (C=O) groups is 2. The van der Waals surface area contributed by atoms with Crippen molar-refractivity contribution in [2.45, 2.75) is 13.3 Å². The Morgan fingerprint density at radius 2 is 1.67 bits per heavy atom. The predicted molar refractivity (Wildman–Crippen MR) is 101 cm³/mol. The van der Waals surface area contributed by atoms with Crippen molar-refractivity contribution in [3.05, 3.63) is 41.7 Å². The highest BCUT2D eigenvalue weighted by Crippen LogP contribution is 2.39. The third kappa shape index (κ3) is 4.87. The Hall–Kier alpha value is -3.29. The number of pyridine rings is 1. The first-order chi connectivity index (χ1) is 13.0. The van der Waals surface area contributed by atoms with Gasteiger partial charge in [-0.2, -0.15) is 0 Å². The molecule has 0 spiro atoms. The van der Waals surface area contributed by atoms with Crippen molar-refractivity contribution < 1.29 is 23.8 Å². The van der Waals surface area contributed by atoms with E-state index >= 15 is 0 Å². The molecule has 0 fully saturated rings. The fourth-order valence-electron chi connectivity index (χ4n) is 2.38. The van der Waals surface area contributed by atoms with Gasteiger partial charge >= 0.3 is 0 Å². The van der Waals surface area contributed by atoms with Crippen LogP contribution in [0.4, 0.5) is 5.69 Å². The molecule has 0 saturated heterocycles. The van der Waals surface area contributed by atoms with Crippen LogP contribution in [0, 0.1) is 0 Å². The maximum Gasteiger partial charge on any atom is 0.274 e. The van der Waals surface area contributed by atoms with E-state index in [1.807, 2.05) is 6.92 Å². The van der Waals surface area contributed by atoms with Gasteiger partial charge in [0.1, 0.15) is 5.69 Å². The summed E-state index contributed by atoms with van der Waals surface area (Å²) >= 11 is 0. The number of methoxy groups -OCH3 is 3. The standard InChI is InChI=1S/C19H23N3O5/c1-5-7-21-18(23)12-6-8-20-14(9-12)19(24)22-13-10-15(25-2)17(27-4)16(11-13)26-3/h6,8-11H,5,7H2,1-4H3,(H,21,23)(H,22,24). The van der Waals surface area contributed by atoms with Crippen LogP contribution in [0.15, 0.2) is 30.5 Å². The molecule has 0 aliphatic heterocycles. The van der Waals surface area contributed by atoms with E-state index in [4.69, 9.17) is 14.2 Å². The maximum absolute atomic E-state index is 12.5. The van der Waals surface area contributed by atoms with Crippen LogP contribution in [0.1, 0.15) is 34.2 Å². The molecule has 1 heterocycles. The summed E-state index contributed by atoms with van der Waals surface area (Å²) in [5.41, 5.74) is 0.929. The second-order valence-electron chi connectivity index (χ2n) is 5.55. The van der Waals surface area contributed by atoms with Crippen molar-refractivity contribution >= 4 is 17.5 Å². The molecule has 27 heavy (non-hydrogen) atoms. The van der Waals surface area contributed by atoms with Crippen molar-refractivity contribution in [1.82, 2.24) is 10.3 Å². The number of hydrogen-bond donors (Lipinski definition) is 2. The highest BCUT2D eigenvalue weighted by molar-refractivity contribution is 6.05. The molecule has 8 heteroatoms. The van der Waals surface area contributed by atoms with Gasteiger partial charge in [-0.15, -0.1) is 0 Å². The normalized spacial score (nSPS) is 10.1. The molecule has 0 radical (unpaired) electrons. The van der Waals surface area contributed by atoms with Crippen molar-refractivity contribution in [2.24, 2.45) is 0 Å². The van der Waals surface area contributed by atoms with Crippen LogP contribution >= 0.6 is 0 Å². The predicted octanol–water partition coefficient (Wildman–Crippen LogP) is 2.50. The fraction of sp³-hybridized carbons (Fsp3) is 0.316.